The number of hydrogen-bond donors (Lipinski definition) is 0. The first kappa shape index (κ1) is 17.3. The number of Topliss-reactive ketones (excluding diaryl/α,β-unsaturated/α-hetero) is 1. The normalized spacial score (nSPS) is 12.6. The van der Waals surface area contributed by atoms with Crippen LogP contribution in [0.15, 0.2) is 48.5 Å². The lowest BCUT2D eigenvalue weighted by molar-refractivity contribution is 0.0476. The van der Waals surface area contributed by atoms with Crippen molar-refractivity contribution in [2.75, 3.05) is 19.8 Å². The Balaban J connectivity index is 1.50. The molecule has 4 rings (SSSR count). The van der Waals surface area contributed by atoms with Crippen molar-refractivity contribution in [3.8, 4) is 11.5 Å². The highest BCUT2D eigenvalue weighted by molar-refractivity contribution is 6.30. The van der Waals surface area contributed by atoms with Crippen LogP contribution in [-0.4, -0.2) is 36.6 Å². The van der Waals surface area contributed by atoms with Gasteiger partial charge in [-0.15, -0.1) is 0 Å². The van der Waals surface area contributed by atoms with Crippen molar-refractivity contribution < 1.29 is 23.8 Å². The molecular weight excluding hydrogens is 370 g/mol. The number of aromatic nitrogens is 1. The van der Waals surface area contributed by atoms with Crippen LogP contribution >= 0.6 is 11.6 Å². The topological polar surface area (TPSA) is 74.7 Å². The lowest BCUT2D eigenvalue weighted by Crippen LogP contribution is -2.17. The third kappa shape index (κ3) is 3.57. The van der Waals surface area contributed by atoms with Crippen LogP contribution in [0.2, 0.25) is 5.15 Å². The highest BCUT2D eigenvalue weighted by atomic mass is 35.5. The van der Waals surface area contributed by atoms with Gasteiger partial charge in [0.25, 0.3) is 0 Å². The number of nitrogens with zero attached hydrogens (tertiary/aromatic N) is 1. The minimum absolute atomic E-state index is 0.179. The average molecular weight is 384 g/mol. The number of ketones is 1. The molecule has 2 heterocycles. The van der Waals surface area contributed by atoms with Crippen molar-refractivity contribution in [1.29, 1.82) is 0 Å². The van der Waals surface area contributed by atoms with E-state index in [1.165, 1.54) is 6.07 Å². The predicted molar refractivity (Wildman–Crippen MR) is 98.8 cm³/mol. The first-order valence-electron chi connectivity index (χ1n) is 8.27. The Labute approximate surface area is 159 Å². The number of halogens is 1. The van der Waals surface area contributed by atoms with Gasteiger partial charge in [-0.25, -0.2) is 9.78 Å². The second kappa shape index (κ2) is 7.25. The van der Waals surface area contributed by atoms with Crippen LogP contribution in [0.3, 0.4) is 0 Å². The molecule has 136 valence electrons. The largest absolute Gasteiger partial charge is 0.486 e. The summed E-state index contributed by atoms with van der Waals surface area (Å²) in [6.45, 7) is 0.503. The second-order valence-corrected chi connectivity index (χ2v) is 6.25. The average Bonchev–Trinajstić information content (AvgIpc) is 2.70. The van der Waals surface area contributed by atoms with Crippen molar-refractivity contribution in [2.45, 2.75) is 0 Å². The van der Waals surface area contributed by atoms with Crippen LogP contribution in [0.4, 0.5) is 0 Å². The van der Waals surface area contributed by atoms with E-state index in [0.29, 0.717) is 41.2 Å². The van der Waals surface area contributed by atoms with E-state index in [9.17, 15) is 9.59 Å². The zero-order valence-electron chi connectivity index (χ0n) is 14.1. The molecule has 0 radical (unpaired) electrons. The summed E-state index contributed by atoms with van der Waals surface area (Å²) in [7, 11) is 0. The van der Waals surface area contributed by atoms with Gasteiger partial charge in [0, 0.05) is 10.9 Å². The Bertz CT molecular complexity index is 1050. The van der Waals surface area contributed by atoms with Gasteiger partial charge in [-0.2, -0.15) is 0 Å². The zero-order chi connectivity index (χ0) is 18.8. The third-order valence-electron chi connectivity index (χ3n) is 4.10. The third-order valence-corrected chi connectivity index (χ3v) is 4.30. The molecule has 0 spiro atoms. The van der Waals surface area contributed by atoms with Gasteiger partial charge in [-0.1, -0.05) is 29.8 Å². The summed E-state index contributed by atoms with van der Waals surface area (Å²) in [6.07, 6.45) is 0. The monoisotopic (exact) mass is 383 g/mol. The number of hydrogen-bond acceptors (Lipinski definition) is 6. The number of fused-ring (bicyclic) bond motifs is 2. The molecule has 1 aliphatic rings. The highest BCUT2D eigenvalue weighted by Crippen LogP contribution is 2.31. The van der Waals surface area contributed by atoms with Crippen molar-refractivity contribution >= 4 is 34.3 Å². The van der Waals surface area contributed by atoms with Crippen molar-refractivity contribution in [2.24, 2.45) is 0 Å². The van der Waals surface area contributed by atoms with Gasteiger partial charge >= 0.3 is 5.97 Å². The first-order chi connectivity index (χ1) is 13.1. The Morgan fingerprint density at radius 1 is 1.04 bits per heavy atom. The van der Waals surface area contributed by atoms with Crippen molar-refractivity contribution in [3.05, 3.63) is 64.8 Å². The van der Waals surface area contributed by atoms with Gasteiger partial charge in [0.15, 0.2) is 23.9 Å². The molecule has 0 saturated heterocycles. The zero-order valence-corrected chi connectivity index (χ0v) is 14.9. The molecule has 1 aliphatic heterocycles. The summed E-state index contributed by atoms with van der Waals surface area (Å²) in [4.78, 5) is 29.0. The molecule has 3 aromatic rings. The van der Waals surface area contributed by atoms with Gasteiger partial charge < -0.3 is 14.2 Å². The van der Waals surface area contributed by atoms with Crippen LogP contribution in [0, 0.1) is 0 Å². The molecule has 7 heteroatoms. The van der Waals surface area contributed by atoms with E-state index in [-0.39, 0.29) is 16.5 Å². The fourth-order valence-corrected chi connectivity index (χ4v) is 3.02. The molecule has 0 saturated carbocycles. The van der Waals surface area contributed by atoms with Crippen LogP contribution in [0.1, 0.15) is 20.7 Å². The summed E-state index contributed by atoms with van der Waals surface area (Å²) in [5, 5.41) is 0.789. The summed E-state index contributed by atoms with van der Waals surface area (Å²) >= 11 is 5.98. The van der Waals surface area contributed by atoms with Crippen LogP contribution < -0.4 is 9.47 Å². The van der Waals surface area contributed by atoms with Gasteiger partial charge in [0.1, 0.15) is 18.4 Å². The fourth-order valence-electron chi connectivity index (χ4n) is 2.82. The molecule has 27 heavy (non-hydrogen) atoms. The number of carbonyl (C=O) groups excluding carboxylic acids is 2. The molecule has 0 atom stereocenters. The minimum Gasteiger partial charge on any atom is -0.486 e. The lowest BCUT2D eigenvalue weighted by atomic mass is 10.1. The Morgan fingerprint density at radius 2 is 1.81 bits per heavy atom. The maximum Gasteiger partial charge on any atom is 0.339 e. The number of pyridine rings is 1. The van der Waals surface area contributed by atoms with Crippen LogP contribution in [0.25, 0.3) is 10.9 Å². The van der Waals surface area contributed by atoms with Crippen LogP contribution in [0.5, 0.6) is 11.5 Å². The number of ether oxygens (including phenoxy) is 3. The lowest BCUT2D eigenvalue weighted by Gasteiger charge is -2.18. The van der Waals surface area contributed by atoms with Gasteiger partial charge in [0.05, 0.1) is 11.1 Å². The number of esters is 1. The molecule has 0 N–H and O–H groups in total. The van der Waals surface area contributed by atoms with E-state index in [4.69, 9.17) is 25.8 Å². The summed E-state index contributed by atoms with van der Waals surface area (Å²) in [5.41, 5.74) is 1.22. The molecular formula is C20H14ClNO5. The quantitative estimate of drug-likeness (QED) is 0.388. The molecule has 0 unspecified atom stereocenters. The van der Waals surface area contributed by atoms with Crippen molar-refractivity contribution in [3.63, 3.8) is 0 Å². The second-order valence-electron chi connectivity index (χ2n) is 5.87. The molecule has 0 bridgehead atoms. The standard InChI is InChI=1S/C20H14ClNO5/c21-19-10-14(13-3-1-2-4-15(13)22-19)20(24)27-11-16(23)12-5-6-17-18(9-12)26-8-7-25-17/h1-6,9-10H,7-8,11H2. The highest BCUT2D eigenvalue weighted by Gasteiger charge is 2.18. The molecule has 0 fully saturated rings. The SMILES string of the molecule is O=C(COC(=O)c1cc(Cl)nc2ccccc12)c1ccc2c(c1)OCCO2. The summed E-state index contributed by atoms with van der Waals surface area (Å²) in [6, 6.07) is 13.4. The summed E-state index contributed by atoms with van der Waals surface area (Å²) in [5.74, 6) is 0.115. The smallest absolute Gasteiger partial charge is 0.339 e. The number of rotatable bonds is 4. The van der Waals surface area contributed by atoms with E-state index in [2.05, 4.69) is 4.98 Å². The van der Waals surface area contributed by atoms with E-state index < -0.39 is 12.6 Å². The first-order valence-corrected chi connectivity index (χ1v) is 8.65. The van der Waals surface area contributed by atoms with Crippen molar-refractivity contribution in [1.82, 2.24) is 4.98 Å². The van der Waals surface area contributed by atoms with Gasteiger partial charge in [-0.3, -0.25) is 4.79 Å². The molecule has 0 amide bonds. The minimum atomic E-state index is -0.638. The Morgan fingerprint density at radius 3 is 2.67 bits per heavy atom. The maximum absolute atomic E-state index is 12.5. The predicted octanol–water partition coefficient (Wildman–Crippen LogP) is 3.70. The van der Waals surface area contributed by atoms with E-state index in [0.717, 1.165) is 0 Å². The number of carbonyl (C=O) groups is 2. The molecule has 6 nitrogen and oxygen atoms in total. The molecule has 0 aliphatic carbocycles. The maximum atomic E-state index is 12.5. The Kier molecular flexibility index (Phi) is 4.64. The van der Waals surface area contributed by atoms with E-state index in [1.54, 1.807) is 42.5 Å². The summed E-state index contributed by atoms with van der Waals surface area (Å²) < 4.78 is 16.1. The van der Waals surface area contributed by atoms with Crippen LogP contribution in [-0.2, 0) is 4.74 Å². The fraction of sp³-hybridized carbons (Fsp3) is 0.150. The number of benzene rings is 2. The van der Waals surface area contributed by atoms with Gasteiger partial charge in [-0.05, 0) is 30.3 Å². The van der Waals surface area contributed by atoms with E-state index in [1.807, 2.05) is 0 Å². The molecule has 1 aromatic heterocycles. The Hall–Kier alpha value is -3.12. The van der Waals surface area contributed by atoms with Gasteiger partial charge in [0.2, 0.25) is 0 Å². The van der Waals surface area contributed by atoms with E-state index >= 15 is 0 Å². The molecule has 2 aromatic carbocycles. The number of para-hydroxylation sites is 1.